The van der Waals surface area contributed by atoms with E-state index in [1.807, 2.05) is 0 Å². The van der Waals surface area contributed by atoms with Gasteiger partial charge in [0.1, 0.15) is 4.21 Å². The zero-order chi connectivity index (χ0) is 15.6. The summed E-state index contributed by atoms with van der Waals surface area (Å²) in [5.74, 6) is -0.526. The molecule has 1 amide bonds. The first-order valence-corrected chi connectivity index (χ1v) is 9.21. The molecule has 2 rings (SSSR count). The number of hydrogen-bond donors (Lipinski definition) is 0. The van der Waals surface area contributed by atoms with Crippen molar-refractivity contribution in [2.24, 2.45) is 12.0 Å². The van der Waals surface area contributed by atoms with Crippen molar-refractivity contribution in [1.82, 2.24) is 8.87 Å². The van der Waals surface area contributed by atoms with Gasteiger partial charge in [0.05, 0.1) is 10.9 Å². The van der Waals surface area contributed by atoms with Gasteiger partial charge < -0.3 is 4.57 Å². The predicted molar refractivity (Wildman–Crippen MR) is 83.0 cm³/mol. The van der Waals surface area contributed by atoms with Gasteiger partial charge in [0.2, 0.25) is 0 Å². The number of likely N-dealkylation sites (N-methyl/N-ethyl adjacent to an activating group) is 1. The number of carbonyl (C=O) groups excluding carboxylic acids is 1. The van der Waals surface area contributed by atoms with Crippen LogP contribution in [-0.2, 0) is 21.9 Å². The summed E-state index contributed by atoms with van der Waals surface area (Å²) in [6, 6.07) is 2.92. The number of hydrogen-bond acceptors (Lipinski definition) is 5. The van der Waals surface area contributed by atoms with Gasteiger partial charge in [-0.25, -0.2) is 8.42 Å². The number of thiazole rings is 1. The molecule has 0 radical (unpaired) electrons. The second-order valence-corrected chi connectivity index (χ2v) is 8.98. The fourth-order valence-electron chi connectivity index (χ4n) is 1.44. The van der Waals surface area contributed by atoms with Crippen LogP contribution in [0.2, 0.25) is 4.34 Å². The van der Waals surface area contributed by atoms with Crippen LogP contribution in [0.5, 0.6) is 0 Å². The predicted octanol–water partition coefficient (Wildman–Crippen LogP) is 1.55. The molecule has 0 aromatic carbocycles. The van der Waals surface area contributed by atoms with Gasteiger partial charge >= 0.3 is 0 Å². The second kappa shape index (κ2) is 6.41. The van der Waals surface area contributed by atoms with E-state index < -0.39 is 15.9 Å². The maximum absolute atomic E-state index is 12.2. The molecule has 10 heteroatoms. The highest BCUT2D eigenvalue weighted by Gasteiger charge is 2.24. The number of rotatable bonds is 4. The molecule has 2 aromatic rings. The van der Waals surface area contributed by atoms with Gasteiger partial charge in [-0.2, -0.15) is 9.30 Å². The molecule has 0 saturated carbocycles. The summed E-state index contributed by atoms with van der Waals surface area (Å²) in [7, 11) is -0.620. The van der Waals surface area contributed by atoms with Crippen LogP contribution in [0.1, 0.15) is 0 Å². The molecular weight excluding hydrogens is 354 g/mol. The molecule has 0 N–H and O–H groups in total. The summed E-state index contributed by atoms with van der Waals surface area (Å²) >= 11 is 7.99. The number of nitrogens with zero attached hydrogens (tertiary/aromatic N) is 3. The van der Waals surface area contributed by atoms with Gasteiger partial charge in [-0.3, -0.25) is 4.79 Å². The summed E-state index contributed by atoms with van der Waals surface area (Å²) in [4.78, 5) is 16.3. The summed E-state index contributed by atoms with van der Waals surface area (Å²) in [5, 5.41) is 1.79. The SMILES string of the molecule is CN(CC(=O)N=c1sccn1C)S(=O)(=O)c1ccc(Cl)s1. The fourth-order valence-corrected chi connectivity index (χ4v) is 5.00. The Hall–Kier alpha value is -1.000. The maximum Gasteiger partial charge on any atom is 0.263 e. The van der Waals surface area contributed by atoms with Crippen molar-refractivity contribution in [1.29, 1.82) is 0 Å². The third-order valence-corrected chi connectivity index (χ3v) is 6.90. The molecule has 0 aliphatic carbocycles. The number of amides is 1. The van der Waals surface area contributed by atoms with Crippen molar-refractivity contribution in [2.45, 2.75) is 4.21 Å². The molecule has 0 spiro atoms. The third-order valence-electron chi connectivity index (χ3n) is 2.55. The minimum atomic E-state index is -3.72. The van der Waals surface area contributed by atoms with Gasteiger partial charge in [-0.1, -0.05) is 11.6 Å². The van der Waals surface area contributed by atoms with E-state index in [9.17, 15) is 13.2 Å². The van der Waals surface area contributed by atoms with Crippen molar-refractivity contribution in [3.8, 4) is 0 Å². The highest BCUT2D eigenvalue weighted by Crippen LogP contribution is 2.27. The molecule has 0 saturated heterocycles. The van der Waals surface area contributed by atoms with Crippen LogP contribution in [-0.4, -0.2) is 36.8 Å². The molecule has 0 unspecified atom stereocenters. The lowest BCUT2D eigenvalue weighted by Gasteiger charge is -2.13. The summed E-state index contributed by atoms with van der Waals surface area (Å²) in [6.07, 6.45) is 1.77. The van der Waals surface area contributed by atoms with Gasteiger partial charge in [0.25, 0.3) is 15.9 Å². The van der Waals surface area contributed by atoms with E-state index >= 15 is 0 Å². The van der Waals surface area contributed by atoms with Gasteiger partial charge in [0, 0.05) is 25.7 Å². The Morgan fingerprint density at radius 2 is 2.19 bits per heavy atom. The van der Waals surface area contributed by atoms with Crippen molar-refractivity contribution in [2.75, 3.05) is 13.6 Å². The molecule has 0 aliphatic heterocycles. The van der Waals surface area contributed by atoms with Crippen LogP contribution in [0.3, 0.4) is 0 Å². The average molecular weight is 366 g/mol. The molecule has 0 atom stereocenters. The molecule has 0 bridgehead atoms. The monoisotopic (exact) mass is 365 g/mol. The van der Waals surface area contributed by atoms with Crippen molar-refractivity contribution in [3.05, 3.63) is 32.8 Å². The topological polar surface area (TPSA) is 71.7 Å². The Morgan fingerprint density at radius 1 is 1.48 bits per heavy atom. The Bertz CT molecular complexity index is 819. The number of halogens is 1. The number of aromatic nitrogens is 1. The average Bonchev–Trinajstić information content (AvgIpc) is 2.99. The Labute approximate surface area is 135 Å². The Balaban J connectivity index is 2.16. The Kier molecular flexibility index (Phi) is 4.99. The zero-order valence-electron chi connectivity index (χ0n) is 11.2. The van der Waals surface area contributed by atoms with E-state index in [0.717, 1.165) is 15.6 Å². The molecule has 0 aliphatic rings. The van der Waals surface area contributed by atoms with E-state index in [2.05, 4.69) is 4.99 Å². The lowest BCUT2D eigenvalue weighted by atomic mass is 10.6. The number of sulfonamides is 1. The highest BCUT2D eigenvalue weighted by molar-refractivity contribution is 7.91. The van der Waals surface area contributed by atoms with Gasteiger partial charge in [-0.15, -0.1) is 22.7 Å². The molecule has 114 valence electrons. The van der Waals surface area contributed by atoms with Crippen molar-refractivity contribution >= 4 is 50.2 Å². The minimum Gasteiger partial charge on any atom is -0.327 e. The second-order valence-electron chi connectivity index (χ2n) is 4.12. The fraction of sp³-hybridized carbons (Fsp3) is 0.273. The Morgan fingerprint density at radius 3 is 2.71 bits per heavy atom. The first-order chi connectivity index (χ1) is 9.80. The molecular formula is C11H12ClN3O3S3. The third kappa shape index (κ3) is 3.80. The highest BCUT2D eigenvalue weighted by atomic mass is 35.5. The lowest BCUT2D eigenvalue weighted by Crippen LogP contribution is -2.32. The van der Waals surface area contributed by atoms with Crippen molar-refractivity contribution in [3.63, 3.8) is 0 Å². The van der Waals surface area contributed by atoms with Gasteiger partial charge in [0.15, 0.2) is 4.80 Å². The van der Waals surface area contributed by atoms with Crippen LogP contribution < -0.4 is 4.80 Å². The molecule has 0 fully saturated rings. The lowest BCUT2D eigenvalue weighted by molar-refractivity contribution is -0.118. The van der Waals surface area contributed by atoms with Crippen LogP contribution in [0.25, 0.3) is 0 Å². The zero-order valence-corrected chi connectivity index (χ0v) is 14.4. The molecule has 2 heterocycles. The van der Waals surface area contributed by atoms with Gasteiger partial charge in [-0.05, 0) is 12.1 Å². The van der Waals surface area contributed by atoms with E-state index in [1.165, 1.54) is 30.5 Å². The van der Waals surface area contributed by atoms with Crippen LogP contribution in [0, 0.1) is 0 Å². The summed E-state index contributed by atoms with van der Waals surface area (Å²) in [5.41, 5.74) is 0. The summed E-state index contributed by atoms with van der Waals surface area (Å²) < 4.78 is 27.6. The largest absolute Gasteiger partial charge is 0.327 e. The van der Waals surface area contributed by atoms with E-state index in [-0.39, 0.29) is 10.8 Å². The molecule has 6 nitrogen and oxygen atoms in total. The summed E-state index contributed by atoms with van der Waals surface area (Å²) in [6.45, 7) is -0.324. The first kappa shape index (κ1) is 16.4. The number of aryl methyl sites for hydroxylation is 1. The van der Waals surface area contributed by atoms with Crippen LogP contribution in [0.4, 0.5) is 0 Å². The first-order valence-electron chi connectivity index (χ1n) is 5.70. The minimum absolute atomic E-state index is 0.101. The quantitative estimate of drug-likeness (QED) is 0.825. The van der Waals surface area contributed by atoms with E-state index in [4.69, 9.17) is 11.6 Å². The molecule has 21 heavy (non-hydrogen) atoms. The molecule has 2 aromatic heterocycles. The number of thiophene rings is 1. The van der Waals surface area contributed by atoms with Crippen LogP contribution >= 0.6 is 34.3 Å². The standard InChI is InChI=1S/C11H12ClN3O3S3/c1-14-5-6-19-11(14)13-9(16)7-15(2)21(17,18)10-4-3-8(12)20-10/h3-6H,7H2,1-2H3. The number of carbonyl (C=O) groups is 1. The normalized spacial score (nSPS) is 13.0. The van der Waals surface area contributed by atoms with E-state index in [1.54, 1.807) is 23.2 Å². The maximum atomic E-state index is 12.2. The van der Waals surface area contributed by atoms with Crippen LogP contribution in [0.15, 0.2) is 32.9 Å². The van der Waals surface area contributed by atoms with Crippen molar-refractivity contribution < 1.29 is 13.2 Å². The van der Waals surface area contributed by atoms with E-state index in [0.29, 0.717) is 9.14 Å². The smallest absolute Gasteiger partial charge is 0.263 e.